The second-order valence-corrected chi connectivity index (χ2v) is 5.79. The van der Waals surface area contributed by atoms with E-state index in [4.69, 9.17) is 0 Å². The Bertz CT molecular complexity index is 450. The zero-order chi connectivity index (χ0) is 15.2. The summed E-state index contributed by atoms with van der Waals surface area (Å²) in [5.41, 5.74) is 0. The van der Waals surface area contributed by atoms with Gasteiger partial charge < -0.3 is 9.80 Å². The van der Waals surface area contributed by atoms with Crippen LogP contribution in [-0.2, 0) is 6.42 Å². The molecule has 1 aromatic rings. The van der Waals surface area contributed by atoms with Crippen LogP contribution in [0.1, 0.15) is 29.8 Å². The topological polar surface area (TPSA) is 68.4 Å². The monoisotopic (exact) mass is 294 g/mol. The Morgan fingerprint density at radius 1 is 1.29 bits per heavy atom. The van der Waals surface area contributed by atoms with Crippen LogP contribution >= 0.6 is 0 Å². The van der Waals surface area contributed by atoms with E-state index in [9.17, 15) is 4.79 Å². The Kier molecular flexibility index (Phi) is 5.69. The van der Waals surface area contributed by atoms with E-state index in [1.807, 2.05) is 4.90 Å². The largest absolute Gasteiger partial charge is 0.333 e. The maximum Gasteiger partial charge on any atom is 0.293 e. The van der Waals surface area contributed by atoms with Crippen LogP contribution in [0.2, 0.25) is 0 Å². The predicted octanol–water partition coefficient (Wildman–Crippen LogP) is 0.0766. The minimum Gasteiger partial charge on any atom is -0.333 e. The molecule has 1 aliphatic heterocycles. The van der Waals surface area contributed by atoms with Crippen molar-refractivity contribution in [2.75, 3.05) is 53.4 Å². The highest BCUT2D eigenvalue weighted by atomic mass is 16.2. The molecular weight excluding hydrogens is 268 g/mol. The van der Waals surface area contributed by atoms with E-state index in [1.165, 1.54) is 0 Å². The van der Waals surface area contributed by atoms with Crippen molar-refractivity contribution >= 4 is 5.91 Å². The van der Waals surface area contributed by atoms with Crippen molar-refractivity contribution in [3.05, 3.63) is 11.6 Å². The number of aryl methyl sites for hydroxylation is 1. The lowest BCUT2D eigenvalue weighted by molar-refractivity contribution is 0.0618. The van der Waals surface area contributed by atoms with Crippen molar-refractivity contribution in [1.29, 1.82) is 0 Å². The van der Waals surface area contributed by atoms with Gasteiger partial charge in [-0.1, -0.05) is 6.92 Å². The molecule has 0 saturated carbocycles. The lowest BCUT2D eigenvalue weighted by atomic mass is 10.3. The molecule has 0 aliphatic carbocycles. The molecule has 7 heteroatoms. The summed E-state index contributed by atoms with van der Waals surface area (Å²) in [6.45, 7) is 7.54. The average Bonchev–Trinajstić information content (AvgIpc) is 2.94. The van der Waals surface area contributed by atoms with Crippen LogP contribution in [0.5, 0.6) is 0 Å². The van der Waals surface area contributed by atoms with Gasteiger partial charge in [-0.2, -0.15) is 0 Å². The molecule has 0 unspecified atom stereocenters. The van der Waals surface area contributed by atoms with Gasteiger partial charge in [0.25, 0.3) is 5.91 Å². The van der Waals surface area contributed by atoms with Crippen molar-refractivity contribution in [2.45, 2.75) is 19.8 Å². The molecule has 1 aromatic heterocycles. The van der Waals surface area contributed by atoms with Crippen LogP contribution < -0.4 is 0 Å². The second kappa shape index (κ2) is 7.51. The lowest BCUT2D eigenvalue weighted by Crippen LogP contribution is -2.50. The zero-order valence-corrected chi connectivity index (χ0v) is 13.3. The van der Waals surface area contributed by atoms with E-state index in [-0.39, 0.29) is 5.91 Å². The summed E-state index contributed by atoms with van der Waals surface area (Å²) in [5, 5.41) is 6.88. The highest BCUT2D eigenvalue weighted by Gasteiger charge is 2.24. The summed E-state index contributed by atoms with van der Waals surface area (Å²) in [6.07, 6.45) is 1.83. The molecule has 0 bridgehead atoms. The Labute approximate surface area is 126 Å². The number of carbonyl (C=O) groups is 1. The molecule has 1 amide bonds. The van der Waals surface area contributed by atoms with Crippen LogP contribution in [-0.4, -0.2) is 89.2 Å². The molecular formula is C14H26N6O. The lowest BCUT2D eigenvalue weighted by Gasteiger charge is -2.34. The number of amides is 1. The molecule has 2 heterocycles. The highest BCUT2D eigenvalue weighted by Crippen LogP contribution is 2.06. The van der Waals surface area contributed by atoms with Gasteiger partial charge in [-0.3, -0.25) is 14.8 Å². The summed E-state index contributed by atoms with van der Waals surface area (Å²) >= 11 is 0. The summed E-state index contributed by atoms with van der Waals surface area (Å²) in [4.78, 5) is 23.0. The number of likely N-dealkylation sites (N-methyl/N-ethyl adjacent to an activating group) is 1. The third-order valence-electron chi connectivity index (χ3n) is 3.73. The van der Waals surface area contributed by atoms with Crippen LogP contribution in [0.3, 0.4) is 0 Å². The molecule has 0 atom stereocenters. The molecule has 0 spiro atoms. The van der Waals surface area contributed by atoms with Crippen LogP contribution in [0.25, 0.3) is 0 Å². The molecule has 21 heavy (non-hydrogen) atoms. The molecule has 7 nitrogen and oxygen atoms in total. The summed E-state index contributed by atoms with van der Waals surface area (Å²) in [6, 6.07) is 0. The van der Waals surface area contributed by atoms with Gasteiger partial charge >= 0.3 is 0 Å². The standard InChI is InChI=1S/C14H26N6O/c1-4-5-12-15-13(17-16-12)14(21)20-10-8-19(9-11-20)7-6-18(2)3/h4-11H2,1-3H3,(H,15,16,17). The maximum atomic E-state index is 12.3. The minimum atomic E-state index is -0.0548. The summed E-state index contributed by atoms with van der Waals surface area (Å²) < 4.78 is 0. The first kappa shape index (κ1) is 15.9. The predicted molar refractivity (Wildman–Crippen MR) is 81.3 cm³/mol. The van der Waals surface area contributed by atoms with Gasteiger partial charge in [0.15, 0.2) is 0 Å². The van der Waals surface area contributed by atoms with Gasteiger partial charge in [-0.25, -0.2) is 4.98 Å². The number of H-pyrrole nitrogens is 1. The van der Waals surface area contributed by atoms with Gasteiger partial charge in [0.1, 0.15) is 5.82 Å². The van der Waals surface area contributed by atoms with Crippen LogP contribution in [0.15, 0.2) is 0 Å². The quantitative estimate of drug-likeness (QED) is 0.804. The van der Waals surface area contributed by atoms with Gasteiger partial charge in [0.2, 0.25) is 5.82 Å². The van der Waals surface area contributed by atoms with Crippen molar-refractivity contribution in [3.63, 3.8) is 0 Å². The van der Waals surface area contributed by atoms with Gasteiger partial charge in [-0.05, 0) is 20.5 Å². The van der Waals surface area contributed by atoms with E-state index < -0.39 is 0 Å². The first-order valence-corrected chi connectivity index (χ1v) is 7.67. The van der Waals surface area contributed by atoms with Gasteiger partial charge in [-0.15, -0.1) is 5.10 Å². The zero-order valence-electron chi connectivity index (χ0n) is 13.3. The summed E-state index contributed by atoms with van der Waals surface area (Å²) in [5.74, 6) is 1.05. The Morgan fingerprint density at radius 2 is 2.00 bits per heavy atom. The fraction of sp³-hybridized carbons (Fsp3) is 0.786. The molecule has 1 aliphatic rings. The number of piperazine rings is 1. The third kappa shape index (κ3) is 4.50. The smallest absolute Gasteiger partial charge is 0.293 e. The van der Waals surface area contributed by atoms with Crippen molar-refractivity contribution in [3.8, 4) is 0 Å². The minimum absolute atomic E-state index is 0.0548. The molecule has 0 aromatic carbocycles. The van der Waals surface area contributed by atoms with E-state index in [2.05, 4.69) is 46.0 Å². The van der Waals surface area contributed by atoms with Crippen LogP contribution in [0, 0.1) is 0 Å². The number of nitrogens with one attached hydrogen (secondary N) is 1. The molecule has 0 radical (unpaired) electrons. The number of aromatic nitrogens is 3. The van der Waals surface area contributed by atoms with E-state index >= 15 is 0 Å². The first-order chi connectivity index (χ1) is 10.1. The molecule has 1 N–H and O–H groups in total. The normalized spacial score (nSPS) is 16.7. The van der Waals surface area contributed by atoms with Crippen molar-refractivity contribution in [2.24, 2.45) is 0 Å². The highest BCUT2D eigenvalue weighted by molar-refractivity contribution is 5.90. The number of nitrogens with zero attached hydrogens (tertiary/aromatic N) is 5. The van der Waals surface area contributed by atoms with Crippen molar-refractivity contribution < 1.29 is 4.79 Å². The molecule has 1 fully saturated rings. The summed E-state index contributed by atoms with van der Waals surface area (Å²) in [7, 11) is 4.16. The Hall–Kier alpha value is -1.47. The molecule has 1 saturated heterocycles. The number of carbonyl (C=O) groups excluding carboxylic acids is 1. The average molecular weight is 294 g/mol. The maximum absolute atomic E-state index is 12.3. The number of rotatable bonds is 6. The molecule has 2 rings (SSSR count). The number of hydrogen-bond donors (Lipinski definition) is 1. The fourth-order valence-electron chi connectivity index (χ4n) is 2.40. The number of aromatic amines is 1. The first-order valence-electron chi connectivity index (χ1n) is 7.67. The second-order valence-electron chi connectivity index (χ2n) is 5.79. The van der Waals surface area contributed by atoms with Crippen molar-refractivity contribution in [1.82, 2.24) is 29.9 Å². The van der Waals surface area contributed by atoms with Gasteiger partial charge in [0.05, 0.1) is 0 Å². The molecule has 118 valence electrons. The van der Waals surface area contributed by atoms with E-state index in [0.717, 1.165) is 57.9 Å². The van der Waals surface area contributed by atoms with E-state index in [1.54, 1.807) is 0 Å². The third-order valence-corrected chi connectivity index (χ3v) is 3.73. The Morgan fingerprint density at radius 3 is 2.62 bits per heavy atom. The fourth-order valence-corrected chi connectivity index (χ4v) is 2.40. The Balaban J connectivity index is 1.82. The van der Waals surface area contributed by atoms with E-state index in [0.29, 0.717) is 5.82 Å². The van der Waals surface area contributed by atoms with Gasteiger partial charge in [0, 0.05) is 45.7 Å². The van der Waals surface area contributed by atoms with Crippen LogP contribution in [0.4, 0.5) is 0 Å². The number of hydrogen-bond acceptors (Lipinski definition) is 5. The SMILES string of the molecule is CCCc1nc(C(=O)N2CCN(CCN(C)C)CC2)n[nH]1.